The van der Waals surface area contributed by atoms with E-state index in [1.807, 2.05) is 44.2 Å². The van der Waals surface area contributed by atoms with Gasteiger partial charge in [0.1, 0.15) is 6.04 Å². The number of sulfonamides is 1. The molecule has 1 aromatic heterocycles. The summed E-state index contributed by atoms with van der Waals surface area (Å²) < 4.78 is 29.9. The van der Waals surface area contributed by atoms with Gasteiger partial charge in [-0.2, -0.15) is 5.10 Å². The first-order valence-corrected chi connectivity index (χ1v) is 12.1. The first-order valence-electron chi connectivity index (χ1n) is 10.3. The number of nitrogens with zero attached hydrogens (tertiary/aromatic N) is 2. The fourth-order valence-electron chi connectivity index (χ4n) is 3.62. The number of aromatic nitrogens is 2. The zero-order chi connectivity index (χ0) is 23.8. The summed E-state index contributed by atoms with van der Waals surface area (Å²) in [6.07, 6.45) is 0. The second kappa shape index (κ2) is 8.88. The number of rotatable bonds is 6. The van der Waals surface area contributed by atoms with E-state index in [0.717, 1.165) is 22.2 Å². The van der Waals surface area contributed by atoms with Crippen LogP contribution in [0.5, 0.6) is 0 Å². The zero-order valence-electron chi connectivity index (χ0n) is 18.3. The van der Waals surface area contributed by atoms with Crippen LogP contribution in [-0.4, -0.2) is 24.1 Å². The van der Waals surface area contributed by atoms with Gasteiger partial charge in [0.25, 0.3) is 10.0 Å². The smallest absolute Gasteiger partial charge is 0.261 e. The highest BCUT2D eigenvalue weighted by Gasteiger charge is 2.20. The Labute approximate surface area is 197 Å². The highest BCUT2D eigenvalue weighted by Crippen LogP contribution is 2.28. The number of amides is 1. The monoisotopic (exact) mass is 482 g/mol. The van der Waals surface area contributed by atoms with Crippen LogP contribution in [0.2, 0.25) is 5.02 Å². The van der Waals surface area contributed by atoms with Crippen LogP contribution in [0.4, 0.5) is 11.4 Å². The molecule has 7 nitrogen and oxygen atoms in total. The van der Waals surface area contributed by atoms with Crippen LogP contribution in [0, 0.1) is 13.8 Å². The van der Waals surface area contributed by atoms with Gasteiger partial charge >= 0.3 is 0 Å². The summed E-state index contributed by atoms with van der Waals surface area (Å²) in [5, 5.41) is 9.11. The van der Waals surface area contributed by atoms with E-state index in [-0.39, 0.29) is 21.5 Å². The number of halogens is 1. The molecule has 1 amide bonds. The molecular weight excluding hydrogens is 460 g/mol. The molecule has 9 heteroatoms. The summed E-state index contributed by atoms with van der Waals surface area (Å²) in [5.74, 6) is -0.285. The minimum absolute atomic E-state index is 0.147. The number of anilines is 2. The lowest BCUT2D eigenvalue weighted by Crippen LogP contribution is -2.25. The van der Waals surface area contributed by atoms with E-state index in [4.69, 9.17) is 11.6 Å². The van der Waals surface area contributed by atoms with Gasteiger partial charge in [0.05, 0.1) is 27.0 Å². The van der Waals surface area contributed by atoms with E-state index in [0.29, 0.717) is 5.69 Å². The number of hydrogen-bond donors (Lipinski definition) is 2. The van der Waals surface area contributed by atoms with E-state index >= 15 is 0 Å². The van der Waals surface area contributed by atoms with Crippen molar-refractivity contribution in [2.24, 2.45) is 0 Å². The third-order valence-electron chi connectivity index (χ3n) is 5.30. The SMILES string of the molecule is Cc1cc(C)n(C(C)C(=O)Nc2ccc(NS(=O)(=O)c3ccc4ccccc4c3)cc2Cl)n1. The highest BCUT2D eigenvalue weighted by atomic mass is 35.5. The summed E-state index contributed by atoms with van der Waals surface area (Å²) in [7, 11) is -3.82. The highest BCUT2D eigenvalue weighted by molar-refractivity contribution is 7.92. The van der Waals surface area contributed by atoms with Crippen LogP contribution < -0.4 is 10.0 Å². The van der Waals surface area contributed by atoms with Gasteiger partial charge in [-0.05, 0) is 67.9 Å². The Bertz CT molecular complexity index is 1460. The molecule has 170 valence electrons. The lowest BCUT2D eigenvalue weighted by molar-refractivity contribution is -0.119. The number of carbonyl (C=O) groups excluding carboxylic acids is 1. The summed E-state index contributed by atoms with van der Waals surface area (Å²) >= 11 is 6.34. The molecule has 1 atom stereocenters. The number of hydrogen-bond acceptors (Lipinski definition) is 4. The molecule has 33 heavy (non-hydrogen) atoms. The quantitative estimate of drug-likeness (QED) is 0.389. The van der Waals surface area contributed by atoms with Gasteiger partial charge in [0.2, 0.25) is 5.91 Å². The molecule has 0 saturated heterocycles. The van der Waals surface area contributed by atoms with Crippen molar-refractivity contribution in [3.63, 3.8) is 0 Å². The second-order valence-corrected chi connectivity index (χ2v) is 9.94. The lowest BCUT2D eigenvalue weighted by Gasteiger charge is -2.16. The van der Waals surface area contributed by atoms with E-state index in [2.05, 4.69) is 15.1 Å². The van der Waals surface area contributed by atoms with E-state index in [1.165, 1.54) is 6.07 Å². The van der Waals surface area contributed by atoms with Gasteiger partial charge in [-0.3, -0.25) is 14.2 Å². The Balaban J connectivity index is 1.50. The van der Waals surface area contributed by atoms with E-state index < -0.39 is 16.1 Å². The van der Waals surface area contributed by atoms with Crippen LogP contribution in [-0.2, 0) is 14.8 Å². The van der Waals surface area contributed by atoms with Gasteiger partial charge in [-0.1, -0.05) is 41.9 Å². The summed E-state index contributed by atoms with van der Waals surface area (Å²) in [6.45, 7) is 5.49. The average Bonchev–Trinajstić information content (AvgIpc) is 3.12. The fourth-order valence-corrected chi connectivity index (χ4v) is 4.93. The maximum atomic E-state index is 12.9. The molecular formula is C24H23ClN4O3S. The molecule has 4 rings (SSSR count). The summed E-state index contributed by atoms with van der Waals surface area (Å²) in [5.41, 5.74) is 2.37. The third kappa shape index (κ3) is 4.86. The van der Waals surface area contributed by atoms with Crippen molar-refractivity contribution < 1.29 is 13.2 Å². The summed E-state index contributed by atoms with van der Waals surface area (Å²) in [4.78, 5) is 12.8. The van der Waals surface area contributed by atoms with Gasteiger partial charge in [0.15, 0.2) is 0 Å². The molecule has 0 spiro atoms. The molecule has 0 aliphatic carbocycles. The van der Waals surface area contributed by atoms with E-state index in [1.54, 1.807) is 41.9 Å². The zero-order valence-corrected chi connectivity index (χ0v) is 19.9. The van der Waals surface area contributed by atoms with Crippen molar-refractivity contribution in [3.05, 3.63) is 83.1 Å². The van der Waals surface area contributed by atoms with E-state index in [9.17, 15) is 13.2 Å². The van der Waals surface area contributed by atoms with Gasteiger partial charge in [-0.25, -0.2) is 8.42 Å². The Morgan fingerprint density at radius 3 is 2.39 bits per heavy atom. The molecule has 1 heterocycles. The van der Waals surface area contributed by atoms with Crippen LogP contribution in [0.25, 0.3) is 10.8 Å². The minimum atomic E-state index is -3.82. The topological polar surface area (TPSA) is 93.1 Å². The Kier molecular flexibility index (Phi) is 6.14. The first-order chi connectivity index (χ1) is 15.6. The molecule has 0 saturated carbocycles. The normalized spacial score (nSPS) is 12.5. The molecule has 0 aliphatic heterocycles. The Hall–Kier alpha value is -3.36. The van der Waals surface area contributed by atoms with Crippen molar-refractivity contribution in [2.45, 2.75) is 31.7 Å². The lowest BCUT2D eigenvalue weighted by atomic mass is 10.1. The third-order valence-corrected chi connectivity index (χ3v) is 6.99. The molecule has 1 unspecified atom stereocenters. The molecule has 0 bridgehead atoms. The van der Waals surface area contributed by atoms with Crippen molar-refractivity contribution in [2.75, 3.05) is 10.0 Å². The van der Waals surface area contributed by atoms with Crippen LogP contribution in [0.1, 0.15) is 24.4 Å². The van der Waals surface area contributed by atoms with Gasteiger partial charge in [0, 0.05) is 5.69 Å². The van der Waals surface area contributed by atoms with Crippen molar-refractivity contribution >= 4 is 49.7 Å². The maximum absolute atomic E-state index is 12.9. The van der Waals surface area contributed by atoms with Crippen LogP contribution >= 0.6 is 11.6 Å². The van der Waals surface area contributed by atoms with Crippen molar-refractivity contribution in [1.29, 1.82) is 0 Å². The fraction of sp³-hybridized carbons (Fsp3) is 0.167. The minimum Gasteiger partial charge on any atom is -0.323 e. The molecule has 3 aromatic carbocycles. The number of fused-ring (bicyclic) bond motifs is 1. The average molecular weight is 483 g/mol. The standard InChI is InChI=1S/C24H23ClN4O3S/c1-15-12-16(2)29(27-15)17(3)24(30)26-23-11-9-20(14-22(23)25)28-33(31,32)21-10-8-18-6-4-5-7-19(18)13-21/h4-14,17,28H,1-3H3,(H,26,30). The van der Waals surface area contributed by atoms with Crippen LogP contribution in [0.15, 0.2) is 71.6 Å². The number of carbonyl (C=O) groups is 1. The molecule has 0 aliphatic rings. The largest absolute Gasteiger partial charge is 0.323 e. The van der Waals surface area contributed by atoms with Crippen molar-refractivity contribution in [1.82, 2.24) is 9.78 Å². The first kappa shape index (κ1) is 22.8. The Morgan fingerprint density at radius 2 is 1.73 bits per heavy atom. The van der Waals surface area contributed by atoms with Gasteiger partial charge < -0.3 is 5.32 Å². The number of nitrogens with one attached hydrogen (secondary N) is 2. The number of benzene rings is 3. The predicted octanol–water partition coefficient (Wildman–Crippen LogP) is 5.31. The number of aryl methyl sites for hydroxylation is 2. The van der Waals surface area contributed by atoms with Gasteiger partial charge in [-0.15, -0.1) is 0 Å². The Morgan fingerprint density at radius 1 is 1.00 bits per heavy atom. The van der Waals surface area contributed by atoms with Crippen LogP contribution in [0.3, 0.4) is 0 Å². The molecule has 0 fully saturated rings. The molecule has 4 aromatic rings. The predicted molar refractivity (Wildman–Crippen MR) is 131 cm³/mol. The maximum Gasteiger partial charge on any atom is 0.261 e. The van der Waals surface area contributed by atoms with Crippen molar-refractivity contribution in [3.8, 4) is 0 Å². The molecule has 0 radical (unpaired) electrons. The second-order valence-electron chi connectivity index (χ2n) is 7.85. The molecule has 2 N–H and O–H groups in total. The summed E-state index contributed by atoms with van der Waals surface area (Å²) in [6, 6.07) is 18.4.